The van der Waals surface area contributed by atoms with Gasteiger partial charge in [-0.3, -0.25) is 9.59 Å². The van der Waals surface area contributed by atoms with Crippen molar-refractivity contribution in [2.24, 2.45) is 11.8 Å². The standard InChI is InChI=1S/C17H23NO4/c1-12(2)11-22-15-7-3-5-13(9-15)16(19)18-8-4-6-14(10-18)17(20)21/h3,5,7,9,12,14H,4,6,8,10-11H2,1-2H3,(H,20,21)/t14-/m0/s1. The first-order chi connectivity index (χ1) is 10.5. The number of hydrogen-bond acceptors (Lipinski definition) is 3. The molecule has 120 valence electrons. The van der Waals surface area contributed by atoms with Gasteiger partial charge in [-0.15, -0.1) is 0 Å². The van der Waals surface area contributed by atoms with Crippen molar-refractivity contribution in [1.29, 1.82) is 0 Å². The van der Waals surface area contributed by atoms with Crippen molar-refractivity contribution < 1.29 is 19.4 Å². The molecule has 0 unspecified atom stereocenters. The van der Waals surface area contributed by atoms with Crippen LogP contribution in [0.4, 0.5) is 0 Å². The second-order valence-corrected chi connectivity index (χ2v) is 6.16. The fraction of sp³-hybridized carbons (Fsp3) is 0.529. The number of amides is 1. The number of piperidine rings is 1. The number of nitrogens with zero attached hydrogens (tertiary/aromatic N) is 1. The third-order valence-electron chi connectivity index (χ3n) is 3.72. The van der Waals surface area contributed by atoms with Gasteiger partial charge >= 0.3 is 5.97 Å². The number of benzene rings is 1. The van der Waals surface area contributed by atoms with Crippen LogP contribution >= 0.6 is 0 Å². The number of carbonyl (C=O) groups excluding carboxylic acids is 1. The van der Waals surface area contributed by atoms with Crippen molar-refractivity contribution in [3.63, 3.8) is 0 Å². The van der Waals surface area contributed by atoms with E-state index in [0.29, 0.717) is 36.8 Å². The molecule has 1 amide bonds. The van der Waals surface area contributed by atoms with E-state index in [1.165, 1.54) is 0 Å². The van der Waals surface area contributed by atoms with E-state index in [0.717, 1.165) is 6.42 Å². The first-order valence-electron chi connectivity index (χ1n) is 7.72. The Morgan fingerprint density at radius 1 is 1.41 bits per heavy atom. The van der Waals surface area contributed by atoms with E-state index >= 15 is 0 Å². The van der Waals surface area contributed by atoms with Gasteiger partial charge in [0.05, 0.1) is 12.5 Å². The number of likely N-dealkylation sites (tertiary alicyclic amines) is 1. The van der Waals surface area contributed by atoms with Crippen LogP contribution in [0.5, 0.6) is 5.75 Å². The summed E-state index contributed by atoms with van der Waals surface area (Å²) >= 11 is 0. The zero-order valence-corrected chi connectivity index (χ0v) is 13.1. The molecule has 22 heavy (non-hydrogen) atoms. The van der Waals surface area contributed by atoms with E-state index in [2.05, 4.69) is 13.8 Å². The largest absolute Gasteiger partial charge is 0.493 e. The van der Waals surface area contributed by atoms with Crippen molar-refractivity contribution in [3.8, 4) is 5.75 Å². The molecule has 0 radical (unpaired) electrons. The molecule has 0 bridgehead atoms. The topological polar surface area (TPSA) is 66.8 Å². The molecule has 1 aliphatic rings. The summed E-state index contributed by atoms with van der Waals surface area (Å²) in [6.07, 6.45) is 1.36. The monoisotopic (exact) mass is 305 g/mol. The Morgan fingerprint density at radius 3 is 2.86 bits per heavy atom. The van der Waals surface area contributed by atoms with Crippen LogP contribution in [0.2, 0.25) is 0 Å². The molecule has 1 N–H and O–H groups in total. The maximum Gasteiger partial charge on any atom is 0.308 e. The van der Waals surface area contributed by atoms with Crippen molar-refractivity contribution in [3.05, 3.63) is 29.8 Å². The number of rotatable bonds is 5. The third kappa shape index (κ3) is 4.23. The fourth-order valence-corrected chi connectivity index (χ4v) is 2.53. The number of aliphatic carboxylic acids is 1. The Morgan fingerprint density at radius 2 is 2.18 bits per heavy atom. The number of carboxylic acid groups (broad SMARTS) is 1. The van der Waals surface area contributed by atoms with Gasteiger partial charge in [-0.05, 0) is 37.0 Å². The van der Waals surface area contributed by atoms with Crippen LogP contribution in [0, 0.1) is 11.8 Å². The van der Waals surface area contributed by atoms with Crippen LogP contribution in [0.1, 0.15) is 37.0 Å². The van der Waals surface area contributed by atoms with Crippen LogP contribution in [-0.2, 0) is 4.79 Å². The summed E-state index contributed by atoms with van der Waals surface area (Å²) in [7, 11) is 0. The summed E-state index contributed by atoms with van der Waals surface area (Å²) in [6, 6.07) is 7.10. The van der Waals surface area contributed by atoms with Gasteiger partial charge in [-0.1, -0.05) is 19.9 Å². The molecule has 1 fully saturated rings. The Bertz CT molecular complexity index is 541. The lowest BCUT2D eigenvalue weighted by Crippen LogP contribution is -2.42. The summed E-state index contributed by atoms with van der Waals surface area (Å²) in [5.41, 5.74) is 0.548. The fourth-order valence-electron chi connectivity index (χ4n) is 2.53. The summed E-state index contributed by atoms with van der Waals surface area (Å²) in [5, 5.41) is 9.12. The normalized spacial score (nSPS) is 18.3. The highest BCUT2D eigenvalue weighted by Crippen LogP contribution is 2.21. The van der Waals surface area contributed by atoms with E-state index < -0.39 is 11.9 Å². The highest BCUT2D eigenvalue weighted by Gasteiger charge is 2.28. The molecule has 1 aliphatic heterocycles. The van der Waals surface area contributed by atoms with E-state index in [1.807, 2.05) is 6.07 Å². The molecule has 1 heterocycles. The van der Waals surface area contributed by atoms with Crippen molar-refractivity contribution in [2.75, 3.05) is 19.7 Å². The molecule has 1 aromatic carbocycles. The molecule has 1 saturated heterocycles. The molecule has 0 aromatic heterocycles. The first kappa shape index (κ1) is 16.3. The summed E-state index contributed by atoms with van der Waals surface area (Å²) in [5.74, 6) is -0.324. The molecule has 0 spiro atoms. The number of carboxylic acids is 1. The highest BCUT2D eigenvalue weighted by molar-refractivity contribution is 5.95. The van der Waals surface area contributed by atoms with Crippen molar-refractivity contribution in [2.45, 2.75) is 26.7 Å². The number of carbonyl (C=O) groups is 2. The van der Waals surface area contributed by atoms with E-state index in [-0.39, 0.29) is 12.5 Å². The quantitative estimate of drug-likeness (QED) is 0.908. The number of ether oxygens (including phenoxy) is 1. The van der Waals surface area contributed by atoms with Gasteiger partial charge in [-0.2, -0.15) is 0 Å². The zero-order chi connectivity index (χ0) is 16.1. The predicted octanol–water partition coefficient (Wildman–Crippen LogP) is 2.66. The smallest absolute Gasteiger partial charge is 0.308 e. The Balaban J connectivity index is 2.05. The second-order valence-electron chi connectivity index (χ2n) is 6.16. The molecule has 2 rings (SSSR count). The van der Waals surface area contributed by atoms with Crippen LogP contribution in [0.15, 0.2) is 24.3 Å². The molecule has 0 aliphatic carbocycles. The van der Waals surface area contributed by atoms with Crippen molar-refractivity contribution in [1.82, 2.24) is 4.90 Å². The third-order valence-corrected chi connectivity index (χ3v) is 3.72. The first-order valence-corrected chi connectivity index (χ1v) is 7.72. The summed E-state index contributed by atoms with van der Waals surface area (Å²) in [4.78, 5) is 25.3. The van der Waals surface area contributed by atoms with Crippen LogP contribution in [-0.4, -0.2) is 41.6 Å². The lowest BCUT2D eigenvalue weighted by Gasteiger charge is -2.30. The molecule has 5 heteroatoms. The molecule has 1 aromatic rings. The minimum absolute atomic E-state index is 0.124. The maximum absolute atomic E-state index is 12.5. The van der Waals surface area contributed by atoms with Gasteiger partial charge in [0, 0.05) is 18.7 Å². The molecular weight excluding hydrogens is 282 g/mol. The molecule has 0 saturated carbocycles. The van der Waals surface area contributed by atoms with E-state index in [1.54, 1.807) is 23.1 Å². The molecule has 1 atom stereocenters. The highest BCUT2D eigenvalue weighted by atomic mass is 16.5. The Hall–Kier alpha value is -2.04. The lowest BCUT2D eigenvalue weighted by molar-refractivity contribution is -0.143. The molecular formula is C17H23NO4. The predicted molar refractivity (Wildman–Crippen MR) is 83.0 cm³/mol. The SMILES string of the molecule is CC(C)COc1cccc(C(=O)N2CCC[C@H](C(=O)O)C2)c1. The van der Waals surface area contributed by atoms with Crippen LogP contribution in [0.3, 0.4) is 0 Å². The summed E-state index contributed by atoms with van der Waals surface area (Å²) in [6.45, 7) is 5.62. The van der Waals surface area contributed by atoms with Gasteiger partial charge < -0.3 is 14.7 Å². The average molecular weight is 305 g/mol. The van der Waals surface area contributed by atoms with Crippen LogP contribution < -0.4 is 4.74 Å². The Kier molecular flexibility index (Phi) is 5.41. The lowest BCUT2D eigenvalue weighted by atomic mass is 9.97. The van der Waals surface area contributed by atoms with Crippen LogP contribution in [0.25, 0.3) is 0 Å². The summed E-state index contributed by atoms with van der Waals surface area (Å²) < 4.78 is 5.64. The maximum atomic E-state index is 12.5. The minimum atomic E-state index is -0.827. The van der Waals surface area contributed by atoms with Gasteiger partial charge in [0.1, 0.15) is 5.75 Å². The van der Waals surface area contributed by atoms with Gasteiger partial charge in [0.2, 0.25) is 0 Å². The second kappa shape index (κ2) is 7.29. The number of hydrogen-bond donors (Lipinski definition) is 1. The average Bonchev–Trinajstić information content (AvgIpc) is 2.52. The van der Waals surface area contributed by atoms with Gasteiger partial charge in [0.15, 0.2) is 0 Å². The van der Waals surface area contributed by atoms with E-state index in [4.69, 9.17) is 9.84 Å². The van der Waals surface area contributed by atoms with E-state index in [9.17, 15) is 9.59 Å². The van der Waals surface area contributed by atoms with Crippen molar-refractivity contribution >= 4 is 11.9 Å². The Labute approximate surface area is 130 Å². The van der Waals surface area contributed by atoms with Gasteiger partial charge in [0.25, 0.3) is 5.91 Å². The zero-order valence-electron chi connectivity index (χ0n) is 13.1. The minimum Gasteiger partial charge on any atom is -0.493 e. The molecule has 5 nitrogen and oxygen atoms in total. The van der Waals surface area contributed by atoms with Gasteiger partial charge in [-0.25, -0.2) is 0 Å².